The Morgan fingerprint density at radius 2 is 2.05 bits per heavy atom. The summed E-state index contributed by atoms with van der Waals surface area (Å²) in [5.41, 5.74) is -0.789. The monoisotopic (exact) mass is 275 g/mol. The number of hydrogen-bond acceptors (Lipinski definition) is 5. The second-order valence-electron chi connectivity index (χ2n) is 3.79. The van der Waals surface area contributed by atoms with Crippen molar-refractivity contribution in [2.45, 2.75) is 0 Å². The summed E-state index contributed by atoms with van der Waals surface area (Å²) in [6.07, 6.45) is 2.04. The fourth-order valence-corrected chi connectivity index (χ4v) is 1.47. The number of aromatic hydroxyl groups is 1. The highest BCUT2D eigenvalue weighted by molar-refractivity contribution is 6.06. The molecule has 0 bridgehead atoms. The van der Waals surface area contributed by atoms with Gasteiger partial charge in [0.25, 0.3) is 11.5 Å². The fraction of sp³-hybridized carbons (Fsp3) is 0. The number of aromatic nitrogens is 2. The molecular formula is C12H9N3O5. The number of phenolic OH excluding ortho intramolecular Hbond substituents is 1. The van der Waals surface area contributed by atoms with Gasteiger partial charge in [-0.3, -0.25) is 9.59 Å². The maximum atomic E-state index is 11.8. The molecule has 1 aromatic carbocycles. The molecule has 0 saturated carbocycles. The molecule has 8 heteroatoms. The van der Waals surface area contributed by atoms with Gasteiger partial charge < -0.3 is 20.5 Å². The number of aromatic amines is 1. The van der Waals surface area contributed by atoms with Crippen LogP contribution in [0.4, 0.5) is 5.69 Å². The number of carboxylic acid groups (broad SMARTS) is 1. The van der Waals surface area contributed by atoms with Crippen LogP contribution in [0.3, 0.4) is 0 Å². The van der Waals surface area contributed by atoms with E-state index in [1.165, 1.54) is 12.1 Å². The number of phenols is 1. The lowest BCUT2D eigenvalue weighted by molar-refractivity contribution is 0.0697. The number of hydrogen-bond donors (Lipinski definition) is 4. The number of rotatable bonds is 3. The van der Waals surface area contributed by atoms with Crippen molar-refractivity contribution in [1.82, 2.24) is 9.97 Å². The highest BCUT2D eigenvalue weighted by Gasteiger charge is 2.15. The molecule has 0 saturated heterocycles. The van der Waals surface area contributed by atoms with Gasteiger partial charge in [0, 0.05) is 6.20 Å². The molecule has 1 amide bonds. The third kappa shape index (κ3) is 2.80. The predicted molar refractivity (Wildman–Crippen MR) is 67.9 cm³/mol. The molecule has 2 aromatic rings. The molecule has 0 spiro atoms. The summed E-state index contributed by atoms with van der Waals surface area (Å²) in [6, 6.07) is 3.50. The normalized spacial score (nSPS) is 10.0. The van der Waals surface area contributed by atoms with Gasteiger partial charge in [-0.1, -0.05) is 0 Å². The zero-order valence-electron chi connectivity index (χ0n) is 9.95. The van der Waals surface area contributed by atoms with Crippen molar-refractivity contribution >= 4 is 17.6 Å². The Hall–Kier alpha value is -3.16. The van der Waals surface area contributed by atoms with Gasteiger partial charge in [-0.15, -0.1) is 0 Å². The molecule has 0 radical (unpaired) electrons. The molecule has 102 valence electrons. The number of amides is 1. The van der Waals surface area contributed by atoms with Gasteiger partial charge in [-0.05, 0) is 18.2 Å². The molecule has 4 N–H and O–H groups in total. The van der Waals surface area contributed by atoms with Crippen LogP contribution in [0.15, 0.2) is 35.4 Å². The summed E-state index contributed by atoms with van der Waals surface area (Å²) in [7, 11) is 0. The lowest BCUT2D eigenvalue weighted by Crippen LogP contribution is -2.18. The number of nitrogens with zero attached hydrogens (tertiary/aromatic N) is 1. The highest BCUT2D eigenvalue weighted by Crippen LogP contribution is 2.21. The van der Waals surface area contributed by atoms with E-state index in [9.17, 15) is 19.5 Å². The molecule has 0 aliphatic heterocycles. The van der Waals surface area contributed by atoms with E-state index in [1.54, 1.807) is 0 Å². The Morgan fingerprint density at radius 3 is 2.65 bits per heavy atom. The van der Waals surface area contributed by atoms with E-state index in [4.69, 9.17) is 5.11 Å². The fourth-order valence-electron chi connectivity index (χ4n) is 1.47. The Kier molecular flexibility index (Phi) is 3.47. The van der Waals surface area contributed by atoms with Crippen molar-refractivity contribution < 1.29 is 19.8 Å². The molecule has 1 heterocycles. The number of carbonyl (C=O) groups excluding carboxylic acids is 1. The van der Waals surface area contributed by atoms with Crippen molar-refractivity contribution in [2.24, 2.45) is 0 Å². The number of nitrogens with one attached hydrogen (secondary N) is 2. The Balaban J connectivity index is 2.30. The van der Waals surface area contributed by atoms with Gasteiger partial charge >= 0.3 is 5.97 Å². The maximum absolute atomic E-state index is 11.8. The third-order valence-electron chi connectivity index (χ3n) is 2.39. The first-order valence-electron chi connectivity index (χ1n) is 5.40. The standard InChI is InChI=1S/C12H9N3O5/c16-6-1-2-8(7(3-6)12(19)20)15-11(18)9-4-14-10(17)5-13-9/h1-5,16H,(H,14,17)(H,15,18)(H,19,20). The third-order valence-corrected chi connectivity index (χ3v) is 2.39. The molecule has 20 heavy (non-hydrogen) atoms. The first-order chi connectivity index (χ1) is 9.47. The second-order valence-corrected chi connectivity index (χ2v) is 3.79. The lowest BCUT2D eigenvalue weighted by atomic mass is 10.1. The number of anilines is 1. The highest BCUT2D eigenvalue weighted by atomic mass is 16.4. The van der Waals surface area contributed by atoms with Crippen LogP contribution in [0.5, 0.6) is 5.75 Å². The largest absolute Gasteiger partial charge is 0.508 e. The summed E-state index contributed by atoms with van der Waals surface area (Å²) in [4.78, 5) is 39.6. The maximum Gasteiger partial charge on any atom is 0.337 e. The van der Waals surface area contributed by atoms with Crippen LogP contribution in [0.25, 0.3) is 0 Å². The predicted octanol–water partition coefficient (Wildman–Crippen LogP) is 0.426. The van der Waals surface area contributed by atoms with E-state index >= 15 is 0 Å². The quantitative estimate of drug-likeness (QED) is 0.600. The van der Waals surface area contributed by atoms with Crippen molar-refractivity contribution in [2.75, 3.05) is 5.32 Å². The molecule has 2 rings (SSSR count). The van der Waals surface area contributed by atoms with Crippen LogP contribution in [0, 0.1) is 0 Å². The Labute approximate surface area is 111 Å². The number of carboxylic acids is 1. The number of aromatic carboxylic acids is 1. The van der Waals surface area contributed by atoms with Crippen LogP contribution in [-0.4, -0.2) is 32.1 Å². The van der Waals surface area contributed by atoms with E-state index in [2.05, 4.69) is 15.3 Å². The molecular weight excluding hydrogens is 266 g/mol. The summed E-state index contributed by atoms with van der Waals surface area (Å²) in [5, 5.41) is 20.6. The van der Waals surface area contributed by atoms with Gasteiger partial charge in [0.05, 0.1) is 17.4 Å². The summed E-state index contributed by atoms with van der Waals surface area (Å²) < 4.78 is 0. The van der Waals surface area contributed by atoms with Crippen molar-refractivity contribution in [3.05, 3.63) is 52.2 Å². The topological polar surface area (TPSA) is 132 Å². The number of carbonyl (C=O) groups is 2. The minimum atomic E-state index is -1.30. The van der Waals surface area contributed by atoms with Crippen LogP contribution in [0.1, 0.15) is 20.8 Å². The van der Waals surface area contributed by atoms with E-state index in [0.717, 1.165) is 18.5 Å². The number of H-pyrrole nitrogens is 1. The van der Waals surface area contributed by atoms with Crippen molar-refractivity contribution in [1.29, 1.82) is 0 Å². The van der Waals surface area contributed by atoms with Crippen molar-refractivity contribution in [3.63, 3.8) is 0 Å². The van der Waals surface area contributed by atoms with Crippen LogP contribution in [0.2, 0.25) is 0 Å². The first kappa shape index (κ1) is 13.3. The molecule has 0 unspecified atom stereocenters. The number of benzene rings is 1. The SMILES string of the molecule is O=C(Nc1ccc(O)cc1C(=O)O)c1c[nH]c(=O)cn1. The van der Waals surface area contributed by atoms with Crippen molar-refractivity contribution in [3.8, 4) is 5.75 Å². The molecule has 0 aliphatic carbocycles. The zero-order valence-corrected chi connectivity index (χ0v) is 9.95. The molecule has 0 atom stereocenters. The average Bonchev–Trinajstić information content (AvgIpc) is 2.41. The van der Waals surface area contributed by atoms with Gasteiger partial charge in [0.15, 0.2) is 0 Å². The average molecular weight is 275 g/mol. The second kappa shape index (κ2) is 5.22. The smallest absolute Gasteiger partial charge is 0.337 e. The van der Waals surface area contributed by atoms with Gasteiger partial charge in [-0.2, -0.15) is 0 Å². The molecule has 1 aromatic heterocycles. The minimum Gasteiger partial charge on any atom is -0.508 e. The molecule has 0 fully saturated rings. The summed E-state index contributed by atoms with van der Waals surface area (Å²) >= 11 is 0. The van der Waals surface area contributed by atoms with Crippen LogP contribution in [-0.2, 0) is 0 Å². The Bertz CT molecular complexity index is 718. The Morgan fingerprint density at radius 1 is 1.30 bits per heavy atom. The van der Waals surface area contributed by atoms with Gasteiger partial charge in [0.1, 0.15) is 11.4 Å². The minimum absolute atomic E-state index is 0.00769. The van der Waals surface area contributed by atoms with Crippen LogP contribution >= 0.6 is 0 Å². The van der Waals surface area contributed by atoms with E-state index in [1.807, 2.05) is 0 Å². The summed E-state index contributed by atoms with van der Waals surface area (Å²) in [6.45, 7) is 0. The van der Waals surface area contributed by atoms with Gasteiger partial charge in [-0.25, -0.2) is 9.78 Å². The zero-order chi connectivity index (χ0) is 14.7. The lowest BCUT2D eigenvalue weighted by Gasteiger charge is -2.08. The molecule has 0 aliphatic rings. The molecule has 8 nitrogen and oxygen atoms in total. The van der Waals surface area contributed by atoms with E-state index in [0.29, 0.717) is 0 Å². The van der Waals surface area contributed by atoms with E-state index in [-0.39, 0.29) is 22.7 Å². The van der Waals surface area contributed by atoms with E-state index < -0.39 is 17.4 Å². The van der Waals surface area contributed by atoms with Gasteiger partial charge in [0.2, 0.25) is 0 Å². The first-order valence-corrected chi connectivity index (χ1v) is 5.40. The summed E-state index contributed by atoms with van der Waals surface area (Å²) in [5.74, 6) is -2.22. The van der Waals surface area contributed by atoms with Crippen LogP contribution < -0.4 is 10.9 Å².